The first-order valence-electron chi connectivity index (χ1n) is 12.7. The van der Waals surface area contributed by atoms with Crippen molar-refractivity contribution in [2.24, 2.45) is 0 Å². The van der Waals surface area contributed by atoms with Gasteiger partial charge in [-0.25, -0.2) is 9.97 Å². The molecule has 0 aliphatic carbocycles. The average Bonchev–Trinajstić information content (AvgIpc) is 3.69. The molecule has 0 amide bonds. The second-order valence-electron chi connectivity index (χ2n) is 9.70. The molecule has 1 unspecified atom stereocenters. The number of imidazole rings is 1. The number of ether oxygens (including phenoxy) is 2. The van der Waals surface area contributed by atoms with E-state index in [0.717, 1.165) is 0 Å². The number of nitrogens with zero attached hydrogens (tertiary/aromatic N) is 5. The Morgan fingerprint density at radius 1 is 1.20 bits per heavy atom. The topological polar surface area (TPSA) is 238 Å². The summed E-state index contributed by atoms with van der Waals surface area (Å²) in [6.45, 7) is -4.25. The van der Waals surface area contributed by atoms with Gasteiger partial charge in [-0.15, -0.1) is 0 Å². The van der Waals surface area contributed by atoms with Gasteiger partial charge in [0.15, 0.2) is 17.4 Å². The number of hydrogen-bond acceptors (Lipinski definition) is 13. The summed E-state index contributed by atoms with van der Waals surface area (Å²) in [5.74, 6) is -0.123. The number of hydrogen-bond donors (Lipinski definition) is 6. The number of anilines is 1. The summed E-state index contributed by atoms with van der Waals surface area (Å²) in [5, 5.41) is 20.7. The van der Waals surface area contributed by atoms with Crippen LogP contribution in [0, 0.1) is 0 Å². The summed E-state index contributed by atoms with van der Waals surface area (Å²) in [7, 11) is 0. The molecule has 2 aliphatic rings. The first-order chi connectivity index (χ1) is 19.6. The lowest BCUT2D eigenvalue weighted by Gasteiger charge is -2.25. The van der Waals surface area contributed by atoms with Gasteiger partial charge >= 0.3 is 6.72 Å². The predicted molar refractivity (Wildman–Crippen MR) is 145 cm³/mol. The lowest BCUT2D eigenvalue weighted by molar-refractivity contribution is -0.0477. The number of nitrogens with two attached hydrogens (primary N) is 1. The molecular weight excluding hydrogens is 583 g/mol. The van der Waals surface area contributed by atoms with Crippen LogP contribution < -0.4 is 16.9 Å². The molecule has 0 bridgehead atoms. The van der Waals surface area contributed by atoms with Gasteiger partial charge in [-0.3, -0.25) is 19.1 Å². The second-order valence-corrected chi connectivity index (χ2v) is 12.5. The molecular formula is C22H27N8O9PS. The highest BCUT2D eigenvalue weighted by Gasteiger charge is 2.42. The third-order valence-corrected chi connectivity index (χ3v) is 8.65. The molecule has 0 radical (unpaired) electrons. The van der Waals surface area contributed by atoms with Crippen LogP contribution in [-0.4, -0.2) is 86.8 Å². The van der Waals surface area contributed by atoms with E-state index in [0.29, 0.717) is 11.0 Å². The van der Waals surface area contributed by atoms with Gasteiger partial charge < -0.3 is 48.9 Å². The lowest BCUT2D eigenvalue weighted by atomic mass is 10.1. The van der Waals surface area contributed by atoms with Crippen LogP contribution in [-0.2, 0) is 30.3 Å². The van der Waals surface area contributed by atoms with Crippen molar-refractivity contribution in [3.05, 3.63) is 45.6 Å². The van der Waals surface area contributed by atoms with Gasteiger partial charge in [-0.05, 0) is 17.9 Å². The molecule has 0 spiro atoms. The van der Waals surface area contributed by atoms with Gasteiger partial charge in [0, 0.05) is 25.5 Å². The standard InChI is InChI=1S/C22H27N8O9PS/c23-22-27-18-16(20(34)28-22)26-9-30(18)21-14(5-10(7-31)37-21)39-40(35,41)36-4-2-13-12(32)6-15(38-13)29-3-1-11-17(29)24-8-25-19(11)33/h1,3,8-10,12-15,21,31-32H,2,4-7H2,(H,35,41)(H,24,25,33)(H3,23,27,28,34)/t10-,12-,13+,14+,15+,21+,40?/m0/s1. The van der Waals surface area contributed by atoms with Crippen LogP contribution in [0.4, 0.5) is 5.95 Å². The van der Waals surface area contributed by atoms with Gasteiger partial charge in [0.2, 0.25) is 5.95 Å². The van der Waals surface area contributed by atoms with Crippen molar-refractivity contribution in [1.29, 1.82) is 0 Å². The van der Waals surface area contributed by atoms with Gasteiger partial charge in [0.25, 0.3) is 11.1 Å². The number of aromatic nitrogens is 7. The molecule has 7 N–H and O–H groups in total. The highest BCUT2D eigenvalue weighted by atomic mass is 32.5. The first kappa shape index (κ1) is 28.1. The number of H-pyrrole nitrogens is 2. The smallest absolute Gasteiger partial charge is 0.324 e. The number of nitrogens with one attached hydrogen (secondary N) is 2. The van der Waals surface area contributed by atoms with Gasteiger partial charge in [-0.1, -0.05) is 0 Å². The van der Waals surface area contributed by atoms with E-state index in [1.165, 1.54) is 17.2 Å². The molecule has 41 heavy (non-hydrogen) atoms. The van der Waals surface area contributed by atoms with E-state index in [1.807, 2.05) is 0 Å². The quantitative estimate of drug-likeness (QED) is 0.130. The largest absolute Gasteiger partial charge is 0.394 e. The van der Waals surface area contributed by atoms with Crippen molar-refractivity contribution in [3.8, 4) is 0 Å². The summed E-state index contributed by atoms with van der Waals surface area (Å²) in [4.78, 5) is 52.3. The number of nitrogen functional groups attached to an aromatic ring is 1. The van der Waals surface area contributed by atoms with Crippen LogP contribution >= 0.6 is 6.72 Å². The van der Waals surface area contributed by atoms with Crippen molar-refractivity contribution < 1.29 is 33.6 Å². The molecule has 4 aromatic heterocycles. The van der Waals surface area contributed by atoms with Crippen molar-refractivity contribution in [2.75, 3.05) is 18.9 Å². The summed E-state index contributed by atoms with van der Waals surface area (Å²) in [6.07, 6.45) is 0.417. The SMILES string of the molecule is Nc1nc2c(ncn2[C@@H]2O[C@H](CO)C[C@H]2OP(O)(=S)OCC[C@H]2O[C@@H](n3ccc4c(=O)[nH]cnc43)C[C@@H]2O)c(=O)[nH]1. The Hall–Kier alpha value is -3.06. The molecule has 7 atom stereocenters. The van der Waals surface area contributed by atoms with Crippen molar-refractivity contribution in [2.45, 2.75) is 56.1 Å². The first-order valence-corrected chi connectivity index (χ1v) is 15.2. The fourth-order valence-corrected chi connectivity index (χ4v) is 6.63. The van der Waals surface area contributed by atoms with Gasteiger partial charge in [0.05, 0.1) is 49.6 Å². The van der Waals surface area contributed by atoms with Crippen LogP contribution in [0.25, 0.3) is 22.2 Å². The molecule has 19 heteroatoms. The fraction of sp³-hybridized carbons (Fsp3) is 0.500. The van der Waals surface area contributed by atoms with Crippen LogP contribution in [0.5, 0.6) is 0 Å². The van der Waals surface area contributed by atoms with E-state index in [1.54, 1.807) is 16.8 Å². The Bertz CT molecular complexity index is 1740. The maximum absolute atomic E-state index is 12.2. The van der Waals surface area contributed by atoms with E-state index in [9.17, 15) is 24.7 Å². The minimum absolute atomic E-state index is 0.0256. The minimum atomic E-state index is -3.84. The van der Waals surface area contributed by atoms with E-state index in [-0.39, 0.29) is 55.1 Å². The summed E-state index contributed by atoms with van der Waals surface area (Å²) < 4.78 is 26.3. The second kappa shape index (κ2) is 11.0. The highest BCUT2D eigenvalue weighted by Crippen LogP contribution is 2.50. The molecule has 0 saturated carbocycles. The van der Waals surface area contributed by atoms with Crippen molar-refractivity contribution in [3.63, 3.8) is 0 Å². The predicted octanol–water partition coefficient (Wildman–Crippen LogP) is -0.623. The molecule has 2 aliphatic heterocycles. The zero-order valence-electron chi connectivity index (χ0n) is 21.3. The Labute approximate surface area is 235 Å². The van der Waals surface area contributed by atoms with Crippen LogP contribution in [0.15, 0.2) is 34.5 Å². The average molecular weight is 611 g/mol. The van der Waals surface area contributed by atoms with Gasteiger partial charge in [-0.2, -0.15) is 4.98 Å². The van der Waals surface area contributed by atoms with Crippen LogP contribution in [0.2, 0.25) is 0 Å². The van der Waals surface area contributed by atoms with Crippen molar-refractivity contribution >= 4 is 46.7 Å². The van der Waals surface area contributed by atoms with Crippen molar-refractivity contribution in [1.82, 2.24) is 34.1 Å². The van der Waals surface area contributed by atoms with Crippen LogP contribution in [0.1, 0.15) is 31.7 Å². The van der Waals surface area contributed by atoms with E-state index < -0.39 is 49.1 Å². The minimum Gasteiger partial charge on any atom is -0.394 e. The van der Waals surface area contributed by atoms with Gasteiger partial charge in [0.1, 0.15) is 18.0 Å². The number of rotatable bonds is 9. The maximum atomic E-state index is 12.2. The number of fused-ring (bicyclic) bond motifs is 2. The van der Waals surface area contributed by atoms with E-state index in [4.69, 9.17) is 36.1 Å². The summed E-state index contributed by atoms with van der Waals surface area (Å²) >= 11 is 5.24. The van der Waals surface area contributed by atoms with Crippen LogP contribution in [0.3, 0.4) is 0 Å². The normalized spacial score (nSPS) is 28.1. The number of aliphatic hydroxyl groups is 2. The Kier molecular flexibility index (Phi) is 7.52. The Morgan fingerprint density at radius 3 is 2.83 bits per heavy atom. The molecule has 4 aromatic rings. The molecule has 0 aromatic carbocycles. The number of aromatic amines is 2. The Balaban J connectivity index is 1.10. The summed E-state index contributed by atoms with van der Waals surface area (Å²) in [5.41, 5.74) is 5.47. The highest BCUT2D eigenvalue weighted by molar-refractivity contribution is 8.07. The maximum Gasteiger partial charge on any atom is 0.324 e. The molecule has 17 nitrogen and oxygen atoms in total. The zero-order valence-corrected chi connectivity index (χ0v) is 23.0. The zero-order chi connectivity index (χ0) is 28.9. The number of aliphatic hydroxyl groups excluding tert-OH is 2. The molecule has 6 heterocycles. The monoisotopic (exact) mass is 610 g/mol. The lowest BCUT2D eigenvalue weighted by Crippen LogP contribution is -2.24. The molecule has 2 saturated heterocycles. The van der Waals surface area contributed by atoms with E-state index in [2.05, 4.69) is 24.9 Å². The third-order valence-electron chi connectivity index (χ3n) is 7.03. The molecule has 2 fully saturated rings. The molecule has 6 rings (SSSR count). The molecule has 220 valence electrons. The Morgan fingerprint density at radius 2 is 2.02 bits per heavy atom. The van der Waals surface area contributed by atoms with E-state index >= 15 is 0 Å². The summed E-state index contributed by atoms with van der Waals surface area (Å²) in [6, 6.07) is 1.63. The third kappa shape index (κ3) is 5.45. The fourth-order valence-electron chi connectivity index (χ4n) is 5.15.